The number of carbonyl (C=O) groups is 2. The van der Waals surface area contributed by atoms with E-state index in [-0.39, 0.29) is 30.1 Å². The molecule has 0 N–H and O–H groups in total. The van der Waals surface area contributed by atoms with Crippen molar-refractivity contribution in [1.29, 1.82) is 5.26 Å². The summed E-state index contributed by atoms with van der Waals surface area (Å²) in [5.41, 5.74) is -0.777. The normalized spacial score (nSPS) is 28.4. The molecule has 7 nitrogen and oxygen atoms in total. The molecule has 2 heterocycles. The Morgan fingerprint density at radius 3 is 2.32 bits per heavy atom. The highest BCUT2D eigenvalue weighted by Crippen LogP contribution is 2.37. The molecule has 2 atom stereocenters. The van der Waals surface area contributed by atoms with Crippen molar-refractivity contribution in [2.75, 3.05) is 53.0 Å². The Balaban J connectivity index is 1.44. The van der Waals surface area contributed by atoms with Crippen LogP contribution in [0.4, 0.5) is 0 Å². The minimum Gasteiger partial charge on any atom is -0.378 e. The number of hydrogen-bond donors (Lipinski definition) is 0. The van der Waals surface area contributed by atoms with Crippen LogP contribution in [0, 0.1) is 29.1 Å². The molecule has 2 saturated carbocycles. The molecule has 7 heteroatoms. The van der Waals surface area contributed by atoms with Gasteiger partial charge < -0.3 is 14.5 Å². The highest BCUT2D eigenvalue weighted by Gasteiger charge is 2.47. The number of amides is 2. The summed E-state index contributed by atoms with van der Waals surface area (Å²) in [5, 5.41) is 10.3. The molecule has 2 unspecified atom stereocenters. The lowest BCUT2D eigenvalue weighted by Gasteiger charge is -2.39. The molecule has 2 saturated heterocycles. The minimum atomic E-state index is -0.777. The zero-order chi connectivity index (χ0) is 24.0. The SMILES string of the molecule is CN(C(=O)C(CC(=O)N1CCOCC1)C1CCCCC1)C1(C#N)CCN(CC2CCCCC2)C1. The summed E-state index contributed by atoms with van der Waals surface area (Å²) in [6.07, 6.45) is 13.0. The monoisotopic (exact) mass is 472 g/mol. The van der Waals surface area contributed by atoms with Gasteiger partial charge in [0.05, 0.1) is 19.3 Å². The van der Waals surface area contributed by atoms with Gasteiger partial charge in [-0.1, -0.05) is 38.5 Å². The fourth-order valence-corrected chi connectivity index (χ4v) is 6.78. The molecule has 0 aromatic rings. The van der Waals surface area contributed by atoms with Crippen molar-refractivity contribution in [2.24, 2.45) is 17.8 Å². The molecule has 2 amide bonds. The smallest absolute Gasteiger partial charge is 0.227 e. The average molecular weight is 473 g/mol. The van der Waals surface area contributed by atoms with Crippen LogP contribution in [0.15, 0.2) is 0 Å². The molecular weight excluding hydrogens is 428 g/mol. The third kappa shape index (κ3) is 5.94. The van der Waals surface area contributed by atoms with E-state index in [1.54, 1.807) is 4.90 Å². The first-order valence-corrected chi connectivity index (χ1v) is 13.8. The van der Waals surface area contributed by atoms with Crippen LogP contribution in [0.25, 0.3) is 0 Å². The van der Waals surface area contributed by atoms with E-state index in [9.17, 15) is 14.9 Å². The van der Waals surface area contributed by atoms with Gasteiger partial charge in [0.2, 0.25) is 11.8 Å². The molecule has 0 spiro atoms. The van der Waals surface area contributed by atoms with Gasteiger partial charge in [-0.05, 0) is 43.9 Å². The van der Waals surface area contributed by atoms with Gasteiger partial charge >= 0.3 is 0 Å². The van der Waals surface area contributed by atoms with Gasteiger partial charge in [0, 0.05) is 52.1 Å². The number of nitriles is 1. The van der Waals surface area contributed by atoms with E-state index >= 15 is 0 Å². The van der Waals surface area contributed by atoms with Crippen LogP contribution in [0.5, 0.6) is 0 Å². The van der Waals surface area contributed by atoms with Gasteiger partial charge in [0.25, 0.3) is 0 Å². The summed E-state index contributed by atoms with van der Waals surface area (Å²) in [6, 6.07) is 2.55. The molecule has 0 bridgehead atoms. The van der Waals surface area contributed by atoms with E-state index in [0.717, 1.165) is 44.7 Å². The maximum Gasteiger partial charge on any atom is 0.227 e. The zero-order valence-electron chi connectivity index (χ0n) is 21.2. The molecule has 0 radical (unpaired) electrons. The van der Waals surface area contributed by atoms with Crippen molar-refractivity contribution in [1.82, 2.24) is 14.7 Å². The summed E-state index contributed by atoms with van der Waals surface area (Å²) in [5.74, 6) is 0.722. The highest BCUT2D eigenvalue weighted by atomic mass is 16.5. The third-order valence-electron chi connectivity index (χ3n) is 9.04. The van der Waals surface area contributed by atoms with E-state index in [4.69, 9.17) is 4.74 Å². The topological polar surface area (TPSA) is 76.9 Å². The van der Waals surface area contributed by atoms with Crippen LogP contribution >= 0.6 is 0 Å². The zero-order valence-corrected chi connectivity index (χ0v) is 21.2. The predicted molar refractivity (Wildman–Crippen MR) is 131 cm³/mol. The molecule has 4 fully saturated rings. The molecule has 2 aliphatic carbocycles. The summed E-state index contributed by atoms with van der Waals surface area (Å²) >= 11 is 0. The Morgan fingerprint density at radius 2 is 1.68 bits per heavy atom. The molecule has 190 valence electrons. The quantitative estimate of drug-likeness (QED) is 0.567. The maximum atomic E-state index is 14.0. The number of nitrogens with zero attached hydrogens (tertiary/aromatic N) is 4. The van der Waals surface area contributed by atoms with Crippen molar-refractivity contribution in [3.63, 3.8) is 0 Å². The number of hydrogen-bond acceptors (Lipinski definition) is 5. The first kappa shape index (κ1) is 25.4. The van der Waals surface area contributed by atoms with Crippen molar-refractivity contribution < 1.29 is 14.3 Å². The van der Waals surface area contributed by atoms with E-state index in [1.165, 1.54) is 38.5 Å². The Bertz CT molecular complexity index is 735. The lowest BCUT2D eigenvalue weighted by Crippen LogP contribution is -2.54. The lowest BCUT2D eigenvalue weighted by molar-refractivity contribution is -0.147. The van der Waals surface area contributed by atoms with E-state index < -0.39 is 5.54 Å². The largest absolute Gasteiger partial charge is 0.378 e. The Kier molecular flexibility index (Phi) is 8.87. The Morgan fingerprint density at radius 1 is 1.03 bits per heavy atom. The third-order valence-corrected chi connectivity index (χ3v) is 9.04. The lowest BCUT2D eigenvalue weighted by atomic mass is 9.77. The summed E-state index contributed by atoms with van der Waals surface area (Å²) in [6.45, 7) is 4.92. The molecule has 0 aromatic carbocycles. The van der Waals surface area contributed by atoms with Gasteiger partial charge in [-0.2, -0.15) is 5.26 Å². The fourth-order valence-electron chi connectivity index (χ4n) is 6.78. The highest BCUT2D eigenvalue weighted by molar-refractivity contribution is 5.86. The average Bonchev–Trinajstić information content (AvgIpc) is 3.32. The van der Waals surface area contributed by atoms with Gasteiger partial charge in [-0.3, -0.25) is 14.5 Å². The Labute approximate surface area is 205 Å². The first-order chi connectivity index (χ1) is 16.5. The number of likely N-dealkylation sites (tertiary alicyclic amines) is 1. The van der Waals surface area contributed by atoms with E-state index in [2.05, 4.69) is 11.0 Å². The molecule has 0 aromatic heterocycles. The van der Waals surface area contributed by atoms with Crippen molar-refractivity contribution in [3.05, 3.63) is 0 Å². The predicted octanol–water partition coefficient (Wildman–Crippen LogP) is 3.44. The number of carbonyl (C=O) groups excluding carboxylic acids is 2. The molecule has 4 aliphatic rings. The van der Waals surface area contributed by atoms with Gasteiger partial charge in [0.1, 0.15) is 5.54 Å². The van der Waals surface area contributed by atoms with Crippen LogP contribution in [0.2, 0.25) is 0 Å². The molecular formula is C27H44N4O3. The van der Waals surface area contributed by atoms with Crippen molar-refractivity contribution in [2.45, 2.75) is 82.6 Å². The second kappa shape index (κ2) is 11.9. The van der Waals surface area contributed by atoms with Crippen LogP contribution in [-0.4, -0.2) is 85.0 Å². The molecule has 34 heavy (non-hydrogen) atoms. The number of ether oxygens (including phenoxy) is 1. The minimum absolute atomic E-state index is 0.00887. The van der Waals surface area contributed by atoms with Crippen LogP contribution < -0.4 is 0 Å². The van der Waals surface area contributed by atoms with Gasteiger partial charge in [-0.15, -0.1) is 0 Å². The van der Waals surface area contributed by atoms with Crippen LogP contribution in [0.1, 0.15) is 77.0 Å². The van der Waals surface area contributed by atoms with Crippen LogP contribution in [-0.2, 0) is 14.3 Å². The fraction of sp³-hybridized carbons (Fsp3) is 0.889. The number of morpholine rings is 1. The first-order valence-electron chi connectivity index (χ1n) is 13.8. The maximum absolute atomic E-state index is 14.0. The standard InChI is InChI=1S/C27H44N4O3/c1-29(27(20-28)12-13-30(21-27)19-22-8-4-2-5-9-22)26(33)24(23-10-6-3-7-11-23)18-25(32)31-14-16-34-17-15-31/h22-24H,2-19,21H2,1H3. The number of likely N-dealkylation sites (N-methyl/N-ethyl adjacent to an activating group) is 1. The van der Waals surface area contributed by atoms with Gasteiger partial charge in [-0.25, -0.2) is 0 Å². The van der Waals surface area contributed by atoms with E-state index in [0.29, 0.717) is 39.3 Å². The van der Waals surface area contributed by atoms with Crippen LogP contribution in [0.3, 0.4) is 0 Å². The summed E-state index contributed by atoms with van der Waals surface area (Å²) in [7, 11) is 1.82. The van der Waals surface area contributed by atoms with Gasteiger partial charge in [0.15, 0.2) is 0 Å². The van der Waals surface area contributed by atoms with Crippen molar-refractivity contribution in [3.8, 4) is 6.07 Å². The summed E-state index contributed by atoms with van der Waals surface area (Å²) < 4.78 is 5.41. The van der Waals surface area contributed by atoms with Crippen molar-refractivity contribution >= 4 is 11.8 Å². The second-order valence-corrected chi connectivity index (χ2v) is 11.2. The number of rotatable bonds is 7. The molecule has 2 aliphatic heterocycles. The molecule has 4 rings (SSSR count). The second-order valence-electron chi connectivity index (χ2n) is 11.2. The summed E-state index contributed by atoms with van der Waals surface area (Å²) in [4.78, 5) is 33.1. The van der Waals surface area contributed by atoms with E-state index in [1.807, 2.05) is 11.9 Å². The Hall–Kier alpha value is -1.65.